The molecule has 0 unspecified atom stereocenters. The van der Waals surface area contributed by atoms with Gasteiger partial charge in [0, 0.05) is 29.1 Å². The number of aromatic nitrogens is 1. The summed E-state index contributed by atoms with van der Waals surface area (Å²) in [4.78, 5) is 25.8. The molecule has 0 atom stereocenters. The molecule has 17 heavy (non-hydrogen) atoms. The number of para-hydroxylation sites is 1. The van der Waals surface area contributed by atoms with Crippen LogP contribution in [0.25, 0.3) is 10.9 Å². The number of nitrogens with one attached hydrogen (secondary N) is 1. The largest absolute Gasteiger partial charge is 0.457 e. The molecule has 0 saturated carbocycles. The van der Waals surface area contributed by atoms with Crippen molar-refractivity contribution in [2.24, 2.45) is 0 Å². The minimum absolute atomic E-state index is 0.185. The third-order valence-electron chi connectivity index (χ3n) is 2.58. The number of aryl methyl sites for hydroxylation is 1. The Morgan fingerprint density at radius 1 is 1.29 bits per heavy atom. The van der Waals surface area contributed by atoms with E-state index in [1.807, 2.05) is 31.2 Å². The zero-order chi connectivity index (χ0) is 12.4. The van der Waals surface area contributed by atoms with Crippen molar-refractivity contribution in [3.63, 3.8) is 0 Å². The summed E-state index contributed by atoms with van der Waals surface area (Å²) in [6, 6.07) is 7.56. The van der Waals surface area contributed by atoms with E-state index in [0.29, 0.717) is 5.56 Å². The van der Waals surface area contributed by atoms with Crippen LogP contribution in [0.3, 0.4) is 0 Å². The Morgan fingerprint density at radius 2 is 2.00 bits per heavy atom. The van der Waals surface area contributed by atoms with Gasteiger partial charge in [-0.25, -0.2) is 0 Å². The van der Waals surface area contributed by atoms with E-state index in [9.17, 15) is 9.59 Å². The Balaban J connectivity index is 2.37. The first-order valence-electron chi connectivity index (χ1n) is 5.33. The van der Waals surface area contributed by atoms with E-state index in [1.165, 1.54) is 6.92 Å². The van der Waals surface area contributed by atoms with Gasteiger partial charge in [-0.2, -0.15) is 0 Å². The molecular formula is C13H13NO3. The second kappa shape index (κ2) is 4.41. The Kier molecular flexibility index (Phi) is 2.95. The minimum atomic E-state index is -0.448. The highest BCUT2D eigenvalue weighted by atomic mass is 16.5. The second-order valence-corrected chi connectivity index (χ2v) is 3.87. The number of hydrogen-bond donors (Lipinski definition) is 1. The molecule has 0 spiro atoms. The van der Waals surface area contributed by atoms with Crippen molar-refractivity contribution in [1.29, 1.82) is 0 Å². The topological polar surface area (TPSA) is 59.2 Å². The number of carbonyl (C=O) groups is 2. The summed E-state index contributed by atoms with van der Waals surface area (Å²) in [6.07, 6.45) is 0. The highest BCUT2D eigenvalue weighted by Crippen LogP contribution is 2.22. The first-order chi connectivity index (χ1) is 8.09. The molecule has 0 bridgehead atoms. The molecule has 2 rings (SSSR count). The van der Waals surface area contributed by atoms with Gasteiger partial charge in [-0.1, -0.05) is 18.2 Å². The fraction of sp³-hybridized carbons (Fsp3) is 0.231. The summed E-state index contributed by atoms with van der Waals surface area (Å²) < 4.78 is 4.73. The predicted molar refractivity (Wildman–Crippen MR) is 64.0 cm³/mol. The lowest BCUT2D eigenvalue weighted by molar-refractivity contribution is -0.139. The van der Waals surface area contributed by atoms with Gasteiger partial charge in [0.25, 0.3) is 0 Å². The molecule has 0 fully saturated rings. The zero-order valence-electron chi connectivity index (χ0n) is 9.74. The number of ether oxygens (including phenoxy) is 1. The molecule has 0 saturated heterocycles. The van der Waals surface area contributed by atoms with Crippen LogP contribution in [0.5, 0.6) is 0 Å². The molecule has 88 valence electrons. The van der Waals surface area contributed by atoms with E-state index in [2.05, 4.69) is 4.98 Å². The number of carbonyl (C=O) groups excluding carboxylic acids is 2. The van der Waals surface area contributed by atoms with Crippen molar-refractivity contribution in [1.82, 2.24) is 4.98 Å². The van der Waals surface area contributed by atoms with Gasteiger partial charge in [0.2, 0.25) is 5.78 Å². The van der Waals surface area contributed by atoms with Gasteiger partial charge in [0.15, 0.2) is 6.61 Å². The van der Waals surface area contributed by atoms with Crippen molar-refractivity contribution in [2.75, 3.05) is 6.61 Å². The van der Waals surface area contributed by atoms with Gasteiger partial charge in [-0.3, -0.25) is 9.59 Å². The molecule has 4 heteroatoms. The molecule has 0 aliphatic carbocycles. The smallest absolute Gasteiger partial charge is 0.303 e. The first-order valence-corrected chi connectivity index (χ1v) is 5.33. The molecule has 0 amide bonds. The van der Waals surface area contributed by atoms with E-state index >= 15 is 0 Å². The number of esters is 1. The summed E-state index contributed by atoms with van der Waals surface area (Å²) in [6.45, 7) is 2.91. The normalized spacial score (nSPS) is 10.5. The summed E-state index contributed by atoms with van der Waals surface area (Å²) in [5, 5.41) is 0.863. The van der Waals surface area contributed by atoms with Gasteiger partial charge in [-0.15, -0.1) is 0 Å². The average molecular weight is 231 g/mol. The van der Waals surface area contributed by atoms with Crippen molar-refractivity contribution >= 4 is 22.7 Å². The van der Waals surface area contributed by atoms with Crippen LogP contribution < -0.4 is 0 Å². The monoisotopic (exact) mass is 231 g/mol. The van der Waals surface area contributed by atoms with E-state index < -0.39 is 5.97 Å². The number of Topliss-reactive ketones (excluding diaryl/α,β-unsaturated/α-hetero) is 1. The third-order valence-corrected chi connectivity index (χ3v) is 2.58. The number of rotatable bonds is 3. The molecular weight excluding hydrogens is 218 g/mol. The number of fused-ring (bicyclic) bond motifs is 1. The van der Waals surface area contributed by atoms with Gasteiger partial charge in [0.1, 0.15) is 0 Å². The number of hydrogen-bond acceptors (Lipinski definition) is 3. The molecule has 0 aliphatic rings. The molecule has 0 radical (unpaired) electrons. The predicted octanol–water partition coefficient (Wildman–Crippen LogP) is 2.22. The first kappa shape index (κ1) is 11.4. The molecule has 2 aromatic rings. The van der Waals surface area contributed by atoms with Crippen LogP contribution >= 0.6 is 0 Å². The Hall–Kier alpha value is -2.10. The fourth-order valence-corrected chi connectivity index (χ4v) is 1.88. The molecule has 1 aromatic carbocycles. The highest BCUT2D eigenvalue weighted by Gasteiger charge is 2.16. The molecule has 1 heterocycles. The van der Waals surface area contributed by atoms with Gasteiger partial charge < -0.3 is 9.72 Å². The maximum atomic E-state index is 11.9. The number of H-pyrrole nitrogens is 1. The van der Waals surface area contributed by atoms with Crippen molar-refractivity contribution in [3.8, 4) is 0 Å². The van der Waals surface area contributed by atoms with Crippen molar-refractivity contribution in [3.05, 3.63) is 35.5 Å². The standard InChI is InChI=1S/C13H13NO3/c1-8-13(12(16)7-17-9(2)15)10-5-3-4-6-11(10)14-8/h3-6,14H,7H2,1-2H3. The number of benzene rings is 1. The van der Waals surface area contributed by atoms with Crippen LogP contribution in [-0.2, 0) is 9.53 Å². The quantitative estimate of drug-likeness (QED) is 0.651. The fourth-order valence-electron chi connectivity index (χ4n) is 1.88. The van der Waals surface area contributed by atoms with Gasteiger partial charge in [-0.05, 0) is 13.0 Å². The lowest BCUT2D eigenvalue weighted by Gasteiger charge is -2.01. The second-order valence-electron chi connectivity index (χ2n) is 3.87. The van der Waals surface area contributed by atoms with E-state index in [4.69, 9.17) is 4.74 Å². The number of aromatic amines is 1. The summed E-state index contributed by atoms with van der Waals surface area (Å²) >= 11 is 0. The SMILES string of the molecule is CC(=O)OCC(=O)c1c(C)[nH]c2ccccc12. The Bertz CT molecular complexity index is 583. The number of ketones is 1. The Morgan fingerprint density at radius 3 is 2.71 bits per heavy atom. The summed E-state index contributed by atoms with van der Waals surface area (Å²) in [7, 11) is 0. The molecule has 0 aliphatic heterocycles. The van der Waals surface area contributed by atoms with Gasteiger partial charge >= 0.3 is 5.97 Å². The lowest BCUT2D eigenvalue weighted by Crippen LogP contribution is -2.12. The molecule has 1 aromatic heterocycles. The maximum Gasteiger partial charge on any atom is 0.303 e. The van der Waals surface area contributed by atoms with Crippen LogP contribution in [0.15, 0.2) is 24.3 Å². The van der Waals surface area contributed by atoms with E-state index in [-0.39, 0.29) is 12.4 Å². The van der Waals surface area contributed by atoms with Crippen LogP contribution in [0, 0.1) is 6.92 Å². The van der Waals surface area contributed by atoms with Crippen LogP contribution in [0.2, 0.25) is 0 Å². The average Bonchev–Trinajstić information content (AvgIpc) is 2.61. The molecule has 1 N–H and O–H groups in total. The summed E-state index contributed by atoms with van der Waals surface area (Å²) in [5.41, 5.74) is 2.31. The van der Waals surface area contributed by atoms with Crippen LogP contribution in [-0.4, -0.2) is 23.3 Å². The molecule has 4 nitrogen and oxygen atoms in total. The third kappa shape index (κ3) is 2.20. The van der Waals surface area contributed by atoms with Gasteiger partial charge in [0.05, 0.1) is 0 Å². The van der Waals surface area contributed by atoms with E-state index in [1.54, 1.807) is 0 Å². The minimum Gasteiger partial charge on any atom is -0.457 e. The van der Waals surface area contributed by atoms with Crippen molar-refractivity contribution < 1.29 is 14.3 Å². The van der Waals surface area contributed by atoms with Crippen LogP contribution in [0.4, 0.5) is 0 Å². The van der Waals surface area contributed by atoms with E-state index in [0.717, 1.165) is 16.6 Å². The van der Waals surface area contributed by atoms with Crippen molar-refractivity contribution in [2.45, 2.75) is 13.8 Å². The Labute approximate surface area is 98.6 Å². The highest BCUT2D eigenvalue weighted by molar-refractivity contribution is 6.10. The maximum absolute atomic E-state index is 11.9. The summed E-state index contributed by atoms with van der Waals surface area (Å²) in [5.74, 6) is -0.633. The zero-order valence-corrected chi connectivity index (χ0v) is 9.74. The van der Waals surface area contributed by atoms with Crippen LogP contribution in [0.1, 0.15) is 23.0 Å². The lowest BCUT2D eigenvalue weighted by atomic mass is 10.1.